The molecule has 1 fully saturated rings. The van der Waals surface area contributed by atoms with E-state index in [1.807, 2.05) is 42.5 Å². The summed E-state index contributed by atoms with van der Waals surface area (Å²) < 4.78 is 5.48. The van der Waals surface area contributed by atoms with Gasteiger partial charge in [0.2, 0.25) is 5.88 Å². The van der Waals surface area contributed by atoms with E-state index in [-0.39, 0.29) is 5.91 Å². The summed E-state index contributed by atoms with van der Waals surface area (Å²) >= 11 is 1.57. The van der Waals surface area contributed by atoms with E-state index in [2.05, 4.69) is 21.6 Å². The van der Waals surface area contributed by atoms with Crippen molar-refractivity contribution in [2.75, 3.05) is 14.2 Å². The third kappa shape index (κ3) is 3.45. The number of pyridine rings is 1. The number of amides is 1. The summed E-state index contributed by atoms with van der Waals surface area (Å²) in [5, 5.41) is 14.3. The minimum atomic E-state index is -0.224. The fourth-order valence-corrected chi connectivity index (χ4v) is 4.91. The lowest BCUT2D eigenvalue weighted by molar-refractivity contribution is 0.0959. The third-order valence-electron chi connectivity index (χ3n) is 5.85. The minimum Gasteiger partial charge on any atom is -0.480 e. The number of nitrogens with zero attached hydrogens (tertiary/aromatic N) is 3. The molecule has 0 unspecified atom stereocenters. The highest BCUT2D eigenvalue weighted by Crippen LogP contribution is 2.45. The predicted molar refractivity (Wildman–Crippen MR) is 123 cm³/mol. The van der Waals surface area contributed by atoms with E-state index in [0.29, 0.717) is 17.4 Å². The number of nitrogens with one attached hydrogen (secondary N) is 1. The van der Waals surface area contributed by atoms with Gasteiger partial charge in [-0.3, -0.25) is 4.79 Å². The van der Waals surface area contributed by atoms with Crippen molar-refractivity contribution in [1.29, 1.82) is 0 Å². The average molecular weight is 431 g/mol. The summed E-state index contributed by atoms with van der Waals surface area (Å²) in [6.45, 7) is 0. The second kappa shape index (κ2) is 8.07. The molecule has 4 aromatic rings. The van der Waals surface area contributed by atoms with Crippen LogP contribution in [-0.2, 0) is 0 Å². The van der Waals surface area contributed by atoms with Crippen molar-refractivity contribution in [1.82, 2.24) is 20.5 Å². The highest BCUT2D eigenvalue weighted by molar-refractivity contribution is 7.18. The van der Waals surface area contributed by atoms with Crippen LogP contribution in [-0.4, -0.2) is 35.2 Å². The zero-order valence-electron chi connectivity index (χ0n) is 17.4. The molecule has 2 heterocycles. The van der Waals surface area contributed by atoms with Crippen LogP contribution in [0.5, 0.6) is 5.88 Å². The lowest BCUT2D eigenvalue weighted by atomic mass is 9.77. The summed E-state index contributed by atoms with van der Waals surface area (Å²) in [6.07, 6.45) is 3.56. The highest BCUT2D eigenvalue weighted by atomic mass is 32.1. The molecule has 2 aromatic carbocycles. The van der Waals surface area contributed by atoms with Crippen molar-refractivity contribution in [3.63, 3.8) is 0 Å². The summed E-state index contributed by atoms with van der Waals surface area (Å²) in [4.78, 5) is 17.1. The summed E-state index contributed by atoms with van der Waals surface area (Å²) in [5.74, 6) is 0.583. The fourth-order valence-electron chi connectivity index (χ4n) is 4.00. The highest BCUT2D eigenvalue weighted by Gasteiger charge is 2.27. The lowest BCUT2D eigenvalue weighted by Crippen LogP contribution is -2.19. The minimum absolute atomic E-state index is 0.224. The monoisotopic (exact) mass is 430 g/mol. The van der Waals surface area contributed by atoms with Gasteiger partial charge in [-0.05, 0) is 30.4 Å². The van der Waals surface area contributed by atoms with E-state index >= 15 is 0 Å². The number of hydrogen-bond donors (Lipinski definition) is 1. The van der Waals surface area contributed by atoms with Gasteiger partial charge in [0.05, 0.1) is 12.6 Å². The van der Waals surface area contributed by atoms with Gasteiger partial charge in [0.25, 0.3) is 5.91 Å². The maximum atomic E-state index is 12.3. The summed E-state index contributed by atoms with van der Waals surface area (Å²) in [7, 11) is 3.14. The molecule has 5 rings (SSSR count). The zero-order valence-corrected chi connectivity index (χ0v) is 18.2. The Labute approximate surface area is 184 Å². The van der Waals surface area contributed by atoms with Gasteiger partial charge < -0.3 is 10.1 Å². The number of benzene rings is 2. The van der Waals surface area contributed by atoms with Crippen LogP contribution in [0.1, 0.15) is 41.1 Å². The molecule has 1 N–H and O–H groups in total. The Kier molecular flexibility index (Phi) is 5.11. The number of aromatic nitrogens is 3. The molecule has 2 aromatic heterocycles. The molecule has 6 nitrogen and oxygen atoms in total. The second-order valence-corrected chi connectivity index (χ2v) is 8.61. The third-order valence-corrected chi connectivity index (χ3v) is 6.84. The van der Waals surface area contributed by atoms with E-state index < -0.39 is 0 Å². The Morgan fingerprint density at radius 1 is 1.10 bits per heavy atom. The number of hydrogen-bond acceptors (Lipinski definition) is 6. The molecule has 31 heavy (non-hydrogen) atoms. The van der Waals surface area contributed by atoms with Crippen molar-refractivity contribution < 1.29 is 9.53 Å². The fraction of sp³-hybridized carbons (Fsp3) is 0.250. The van der Waals surface area contributed by atoms with E-state index in [4.69, 9.17) is 9.72 Å². The number of ether oxygens (including phenoxy) is 1. The molecule has 7 heteroatoms. The Bertz CT molecular complexity index is 1270. The normalized spacial score (nSPS) is 13.7. The first-order valence-corrected chi connectivity index (χ1v) is 11.1. The van der Waals surface area contributed by atoms with Crippen LogP contribution in [0.25, 0.3) is 32.0 Å². The number of methoxy groups -OCH3 is 1. The molecule has 1 aliphatic rings. The largest absolute Gasteiger partial charge is 0.480 e. The summed E-state index contributed by atoms with van der Waals surface area (Å²) in [5.41, 5.74) is 4.51. The molecule has 1 aliphatic carbocycles. The number of carbonyl (C=O) groups excluding carboxylic acids is 1. The van der Waals surface area contributed by atoms with Crippen molar-refractivity contribution in [3.8, 4) is 27.0 Å². The molecule has 156 valence electrons. The quantitative estimate of drug-likeness (QED) is 0.479. The van der Waals surface area contributed by atoms with Crippen molar-refractivity contribution in [2.24, 2.45) is 0 Å². The Hall–Kier alpha value is -3.32. The van der Waals surface area contributed by atoms with Crippen LogP contribution < -0.4 is 10.1 Å². The Morgan fingerprint density at radius 2 is 1.87 bits per heavy atom. The van der Waals surface area contributed by atoms with Crippen molar-refractivity contribution in [2.45, 2.75) is 25.2 Å². The first-order valence-electron chi connectivity index (χ1n) is 10.3. The van der Waals surface area contributed by atoms with E-state index in [1.54, 1.807) is 18.4 Å². The van der Waals surface area contributed by atoms with Crippen LogP contribution in [0.15, 0.2) is 48.5 Å². The number of fused-ring (bicyclic) bond motifs is 1. The van der Waals surface area contributed by atoms with Crippen LogP contribution >= 0.6 is 11.3 Å². The molecular weight excluding hydrogens is 408 g/mol. The topological polar surface area (TPSA) is 77.0 Å². The van der Waals surface area contributed by atoms with Crippen molar-refractivity contribution >= 4 is 28.1 Å². The maximum absolute atomic E-state index is 12.3. The van der Waals surface area contributed by atoms with Gasteiger partial charge >= 0.3 is 0 Å². The van der Waals surface area contributed by atoms with Gasteiger partial charge in [0.15, 0.2) is 5.01 Å². The zero-order chi connectivity index (χ0) is 21.4. The molecule has 0 atom stereocenters. The van der Waals surface area contributed by atoms with E-state index in [9.17, 15) is 4.79 Å². The van der Waals surface area contributed by atoms with E-state index in [0.717, 1.165) is 44.9 Å². The standard InChI is InChI=1S/C24H22N4O2S/c1-25-21(29)18-13-16-11-12-17(14-9-6-10-14)19(20(16)26-22(18)30-2)24-28-27-23(31-24)15-7-4-3-5-8-15/h3-5,7-8,11-14H,6,9-10H2,1-2H3,(H,25,29). The number of carbonyl (C=O) groups is 1. The average Bonchev–Trinajstić information content (AvgIpc) is 3.26. The predicted octanol–water partition coefficient (Wildman–Crippen LogP) is 5.06. The van der Waals surface area contributed by atoms with Crippen LogP contribution in [0, 0.1) is 0 Å². The van der Waals surface area contributed by atoms with Gasteiger partial charge in [-0.2, -0.15) is 0 Å². The maximum Gasteiger partial charge on any atom is 0.256 e. The molecule has 0 bridgehead atoms. The SMILES string of the molecule is CNC(=O)c1cc2ccc(C3CCC3)c(-c3nnc(-c4ccccc4)s3)c2nc1OC. The first-order chi connectivity index (χ1) is 15.2. The van der Waals surface area contributed by atoms with Gasteiger partial charge in [-0.25, -0.2) is 4.98 Å². The lowest BCUT2D eigenvalue weighted by Gasteiger charge is -2.28. The Balaban J connectivity index is 1.73. The molecular formula is C24H22N4O2S. The van der Waals surface area contributed by atoms with Crippen LogP contribution in [0.3, 0.4) is 0 Å². The van der Waals surface area contributed by atoms with Crippen molar-refractivity contribution in [3.05, 3.63) is 59.7 Å². The molecule has 0 aliphatic heterocycles. The first kappa shape index (κ1) is 19.6. The van der Waals surface area contributed by atoms with Crippen LogP contribution in [0.4, 0.5) is 0 Å². The van der Waals surface area contributed by atoms with E-state index in [1.165, 1.54) is 19.1 Å². The molecule has 0 spiro atoms. The molecule has 0 saturated heterocycles. The second-order valence-electron chi connectivity index (χ2n) is 7.63. The van der Waals surface area contributed by atoms with Gasteiger partial charge in [0, 0.05) is 23.6 Å². The number of rotatable bonds is 5. The van der Waals surface area contributed by atoms with Gasteiger partial charge in [-0.15, -0.1) is 10.2 Å². The van der Waals surface area contributed by atoms with Gasteiger partial charge in [-0.1, -0.05) is 60.2 Å². The molecule has 1 saturated carbocycles. The Morgan fingerprint density at radius 3 is 2.55 bits per heavy atom. The summed E-state index contributed by atoms with van der Waals surface area (Å²) in [6, 6.07) is 16.1. The molecule has 0 radical (unpaired) electrons. The van der Waals surface area contributed by atoms with Gasteiger partial charge in [0.1, 0.15) is 10.6 Å². The smallest absolute Gasteiger partial charge is 0.256 e. The molecule has 1 amide bonds. The van der Waals surface area contributed by atoms with Crippen LogP contribution in [0.2, 0.25) is 0 Å².